The summed E-state index contributed by atoms with van der Waals surface area (Å²) in [5.41, 5.74) is 3.95. The monoisotopic (exact) mass is 466 g/mol. The van der Waals surface area contributed by atoms with Gasteiger partial charge in [0.1, 0.15) is 11.8 Å². The first-order valence-electron chi connectivity index (χ1n) is 10.5. The number of hydrogen-bond acceptors (Lipinski definition) is 8. The zero-order chi connectivity index (χ0) is 23.8. The number of aromatic nitrogens is 2. The van der Waals surface area contributed by atoms with E-state index in [2.05, 4.69) is 44.8 Å². The SMILES string of the molecule is COc1ncc(-c2ccc3ncc(C#N)c(N4C[C@H](C)N[C@@H](C)C4)c3c2)cc1NS(C)(=O)=O. The number of anilines is 2. The van der Waals surface area contributed by atoms with E-state index in [1.54, 1.807) is 18.5 Å². The molecule has 3 aromatic rings. The lowest BCUT2D eigenvalue weighted by molar-refractivity contribution is 0.400. The Bertz CT molecular complexity index is 1340. The Kier molecular flexibility index (Phi) is 6.10. The van der Waals surface area contributed by atoms with Gasteiger partial charge < -0.3 is 15.0 Å². The molecule has 2 atom stereocenters. The Morgan fingerprint density at radius 2 is 1.88 bits per heavy atom. The molecule has 2 aromatic heterocycles. The molecule has 0 bridgehead atoms. The molecule has 1 aliphatic rings. The molecule has 1 aliphatic heterocycles. The van der Waals surface area contributed by atoms with E-state index in [-0.39, 0.29) is 23.7 Å². The van der Waals surface area contributed by atoms with Crippen LogP contribution in [0.5, 0.6) is 5.88 Å². The molecule has 0 aliphatic carbocycles. The summed E-state index contributed by atoms with van der Waals surface area (Å²) in [5.74, 6) is 0.183. The molecule has 9 nitrogen and oxygen atoms in total. The predicted octanol–water partition coefficient (Wildman–Crippen LogP) is 2.74. The number of pyridine rings is 2. The zero-order valence-electron chi connectivity index (χ0n) is 19.0. The summed E-state index contributed by atoms with van der Waals surface area (Å²) >= 11 is 0. The number of piperazine rings is 1. The second-order valence-corrected chi connectivity index (χ2v) is 10.1. The van der Waals surface area contributed by atoms with Crippen molar-refractivity contribution in [1.82, 2.24) is 15.3 Å². The van der Waals surface area contributed by atoms with Gasteiger partial charge in [-0.05, 0) is 37.6 Å². The number of nitrogens with one attached hydrogen (secondary N) is 2. The van der Waals surface area contributed by atoms with Gasteiger partial charge in [0.25, 0.3) is 0 Å². The lowest BCUT2D eigenvalue weighted by Crippen LogP contribution is -2.54. The summed E-state index contributed by atoms with van der Waals surface area (Å²) in [6, 6.07) is 10.3. The highest BCUT2D eigenvalue weighted by Gasteiger charge is 2.25. The van der Waals surface area contributed by atoms with Crippen LogP contribution in [0.15, 0.2) is 36.7 Å². The molecule has 0 radical (unpaired) electrons. The van der Waals surface area contributed by atoms with Crippen molar-refractivity contribution in [2.75, 3.05) is 36.1 Å². The second kappa shape index (κ2) is 8.84. The Hall–Kier alpha value is -3.42. The number of hydrogen-bond donors (Lipinski definition) is 2. The van der Waals surface area contributed by atoms with E-state index >= 15 is 0 Å². The van der Waals surface area contributed by atoms with E-state index < -0.39 is 10.0 Å². The summed E-state index contributed by atoms with van der Waals surface area (Å²) in [6.45, 7) is 5.80. The van der Waals surface area contributed by atoms with Crippen molar-refractivity contribution in [1.29, 1.82) is 5.26 Å². The molecule has 1 saturated heterocycles. The normalized spacial score (nSPS) is 18.7. The van der Waals surface area contributed by atoms with Gasteiger partial charge in [0.15, 0.2) is 0 Å². The summed E-state index contributed by atoms with van der Waals surface area (Å²) in [7, 11) is -2.08. The van der Waals surface area contributed by atoms with Crippen LogP contribution in [0.1, 0.15) is 19.4 Å². The highest BCUT2D eigenvalue weighted by Crippen LogP contribution is 2.35. The Morgan fingerprint density at radius 3 is 2.52 bits per heavy atom. The molecule has 1 fully saturated rings. The Balaban J connectivity index is 1.86. The first kappa shape index (κ1) is 22.8. The average Bonchev–Trinajstić information content (AvgIpc) is 2.76. The third-order valence-electron chi connectivity index (χ3n) is 5.51. The van der Waals surface area contributed by atoms with Crippen LogP contribution in [0, 0.1) is 11.3 Å². The Morgan fingerprint density at radius 1 is 1.15 bits per heavy atom. The lowest BCUT2D eigenvalue weighted by Gasteiger charge is -2.38. The van der Waals surface area contributed by atoms with Crippen molar-refractivity contribution in [3.8, 4) is 23.1 Å². The van der Waals surface area contributed by atoms with Gasteiger partial charge in [0, 0.05) is 48.5 Å². The molecule has 1 aromatic carbocycles. The van der Waals surface area contributed by atoms with Crippen LogP contribution in [-0.4, -0.2) is 56.9 Å². The van der Waals surface area contributed by atoms with Gasteiger partial charge in [0.2, 0.25) is 15.9 Å². The maximum atomic E-state index is 11.8. The number of sulfonamides is 1. The number of methoxy groups -OCH3 is 1. The van der Waals surface area contributed by atoms with Crippen molar-refractivity contribution >= 4 is 32.3 Å². The summed E-state index contributed by atoms with van der Waals surface area (Å²) < 4.78 is 31.2. The topological polar surface area (TPSA) is 120 Å². The number of nitrogens with zero attached hydrogens (tertiary/aromatic N) is 4. The highest BCUT2D eigenvalue weighted by atomic mass is 32.2. The van der Waals surface area contributed by atoms with Crippen LogP contribution in [0.2, 0.25) is 0 Å². The van der Waals surface area contributed by atoms with Crippen LogP contribution >= 0.6 is 0 Å². The first-order chi connectivity index (χ1) is 15.7. The van der Waals surface area contributed by atoms with Gasteiger partial charge in [0.05, 0.1) is 30.1 Å². The molecule has 0 spiro atoms. The minimum atomic E-state index is -3.51. The van der Waals surface area contributed by atoms with E-state index in [4.69, 9.17) is 4.74 Å². The maximum absolute atomic E-state index is 11.8. The van der Waals surface area contributed by atoms with Crippen LogP contribution in [0.4, 0.5) is 11.4 Å². The average molecular weight is 467 g/mol. The molecule has 2 N–H and O–H groups in total. The summed E-state index contributed by atoms with van der Waals surface area (Å²) in [5, 5.41) is 14.2. The van der Waals surface area contributed by atoms with Crippen molar-refractivity contribution in [3.05, 3.63) is 42.2 Å². The van der Waals surface area contributed by atoms with Gasteiger partial charge in [-0.1, -0.05) is 6.07 Å². The summed E-state index contributed by atoms with van der Waals surface area (Å²) in [6.07, 6.45) is 4.33. The minimum Gasteiger partial charge on any atom is -0.480 e. The number of ether oxygens (including phenoxy) is 1. The fraction of sp³-hybridized carbons (Fsp3) is 0.348. The van der Waals surface area contributed by atoms with Crippen molar-refractivity contribution < 1.29 is 13.2 Å². The van der Waals surface area contributed by atoms with E-state index in [0.717, 1.165) is 41.5 Å². The zero-order valence-corrected chi connectivity index (χ0v) is 19.8. The smallest absolute Gasteiger partial charge is 0.238 e. The molecule has 0 unspecified atom stereocenters. The molecule has 0 amide bonds. The minimum absolute atomic E-state index is 0.183. The first-order valence-corrected chi connectivity index (χ1v) is 12.4. The third kappa shape index (κ3) is 4.84. The molecule has 172 valence electrons. The van der Waals surface area contributed by atoms with Crippen LogP contribution in [0.3, 0.4) is 0 Å². The molecule has 4 rings (SSSR count). The lowest BCUT2D eigenvalue weighted by atomic mass is 10.0. The largest absolute Gasteiger partial charge is 0.480 e. The van der Waals surface area contributed by atoms with Gasteiger partial charge in [-0.25, -0.2) is 13.4 Å². The van der Waals surface area contributed by atoms with Crippen LogP contribution in [-0.2, 0) is 10.0 Å². The number of benzene rings is 1. The maximum Gasteiger partial charge on any atom is 0.238 e. The third-order valence-corrected chi connectivity index (χ3v) is 6.10. The standard InChI is InChI=1S/C23H26N6O3S/c1-14-12-29(13-15(2)27-14)22-18(9-24)11-25-20-6-5-16(7-19(20)22)17-8-21(28-33(4,30)31)23(32-3)26-10-17/h5-8,10-11,14-15,27-28H,12-13H2,1-4H3/t14-,15-/m0/s1. The van der Waals surface area contributed by atoms with Crippen LogP contribution in [0.25, 0.3) is 22.0 Å². The van der Waals surface area contributed by atoms with E-state index in [1.165, 1.54) is 7.11 Å². The van der Waals surface area contributed by atoms with Gasteiger partial charge in [-0.2, -0.15) is 5.26 Å². The van der Waals surface area contributed by atoms with E-state index in [0.29, 0.717) is 11.1 Å². The number of fused-ring (bicyclic) bond motifs is 1. The van der Waals surface area contributed by atoms with Gasteiger partial charge >= 0.3 is 0 Å². The molecule has 0 saturated carbocycles. The summed E-state index contributed by atoms with van der Waals surface area (Å²) in [4.78, 5) is 11.0. The van der Waals surface area contributed by atoms with E-state index in [9.17, 15) is 13.7 Å². The van der Waals surface area contributed by atoms with Crippen molar-refractivity contribution in [2.24, 2.45) is 0 Å². The molecule has 10 heteroatoms. The van der Waals surface area contributed by atoms with E-state index in [1.807, 2.05) is 18.2 Å². The number of nitriles is 1. The number of rotatable bonds is 5. The molecule has 33 heavy (non-hydrogen) atoms. The molecular weight excluding hydrogens is 440 g/mol. The molecular formula is C23H26N6O3S. The fourth-order valence-electron chi connectivity index (χ4n) is 4.34. The van der Waals surface area contributed by atoms with Crippen molar-refractivity contribution in [2.45, 2.75) is 25.9 Å². The highest BCUT2D eigenvalue weighted by molar-refractivity contribution is 7.92. The van der Waals surface area contributed by atoms with Crippen LogP contribution < -0.4 is 19.7 Å². The predicted molar refractivity (Wildman–Crippen MR) is 129 cm³/mol. The quantitative estimate of drug-likeness (QED) is 0.589. The van der Waals surface area contributed by atoms with Crippen molar-refractivity contribution in [3.63, 3.8) is 0 Å². The molecule has 3 heterocycles. The Labute approximate surface area is 193 Å². The van der Waals surface area contributed by atoms with Gasteiger partial charge in [-0.3, -0.25) is 9.71 Å². The second-order valence-electron chi connectivity index (χ2n) is 8.39. The van der Waals surface area contributed by atoms with Gasteiger partial charge in [-0.15, -0.1) is 0 Å². The fourth-order valence-corrected chi connectivity index (χ4v) is 4.88.